The number of amides is 1. The average Bonchev–Trinajstić information content (AvgIpc) is 2.59. The molecule has 1 unspecified atom stereocenters. The highest BCUT2D eigenvalue weighted by Crippen LogP contribution is 2.24. The molecular formula is C20H26N2O4S. The fourth-order valence-electron chi connectivity index (χ4n) is 2.51. The lowest BCUT2D eigenvalue weighted by Crippen LogP contribution is -2.31. The van der Waals surface area contributed by atoms with Gasteiger partial charge in [-0.05, 0) is 47.7 Å². The van der Waals surface area contributed by atoms with E-state index in [1.807, 2.05) is 31.2 Å². The molecule has 3 N–H and O–H groups in total. The van der Waals surface area contributed by atoms with Crippen LogP contribution in [0.2, 0.25) is 0 Å². The summed E-state index contributed by atoms with van der Waals surface area (Å²) in [7, 11) is -3.73. The first-order valence-electron chi connectivity index (χ1n) is 8.62. The molecule has 2 rings (SSSR count). The molecular weight excluding hydrogens is 364 g/mol. The minimum Gasteiger partial charge on any atom is -0.484 e. The summed E-state index contributed by atoms with van der Waals surface area (Å²) in [6.07, 6.45) is 0. The van der Waals surface area contributed by atoms with Crippen molar-refractivity contribution in [3.63, 3.8) is 0 Å². The third kappa shape index (κ3) is 6.08. The maximum absolute atomic E-state index is 12.1. The van der Waals surface area contributed by atoms with Crippen LogP contribution in [0.25, 0.3) is 0 Å². The van der Waals surface area contributed by atoms with E-state index in [2.05, 4.69) is 26.1 Å². The lowest BCUT2D eigenvalue weighted by atomic mass is 9.87. The van der Waals surface area contributed by atoms with E-state index in [9.17, 15) is 13.2 Å². The first-order valence-corrected chi connectivity index (χ1v) is 10.2. The van der Waals surface area contributed by atoms with Crippen molar-refractivity contribution in [1.82, 2.24) is 5.32 Å². The Balaban J connectivity index is 1.89. The van der Waals surface area contributed by atoms with E-state index in [1.165, 1.54) is 17.7 Å². The second-order valence-electron chi connectivity index (χ2n) is 7.47. The maximum atomic E-state index is 12.1. The maximum Gasteiger partial charge on any atom is 0.258 e. The predicted octanol–water partition coefficient (Wildman–Crippen LogP) is 2.89. The van der Waals surface area contributed by atoms with Gasteiger partial charge < -0.3 is 10.1 Å². The van der Waals surface area contributed by atoms with Crippen LogP contribution in [-0.2, 0) is 20.2 Å². The zero-order valence-corrected chi connectivity index (χ0v) is 16.8. The van der Waals surface area contributed by atoms with Crippen molar-refractivity contribution >= 4 is 15.9 Å². The standard InChI is InChI=1S/C20H26N2O4S/c1-14(15-5-11-18(12-6-15)27(21,24)25)22-19(23)13-26-17-9-7-16(8-10-17)20(2,3)4/h5-12,14H,13H2,1-4H3,(H,22,23)(H2,21,24,25). The highest BCUT2D eigenvalue weighted by atomic mass is 32.2. The van der Waals surface area contributed by atoms with Crippen LogP contribution >= 0.6 is 0 Å². The molecule has 27 heavy (non-hydrogen) atoms. The van der Waals surface area contributed by atoms with Crippen molar-refractivity contribution in [2.75, 3.05) is 6.61 Å². The average molecular weight is 391 g/mol. The Kier molecular flexibility index (Phi) is 6.28. The molecule has 0 radical (unpaired) electrons. The SMILES string of the molecule is CC(NC(=O)COc1ccc(C(C)(C)C)cc1)c1ccc(S(N)(=O)=O)cc1. The van der Waals surface area contributed by atoms with Gasteiger partial charge in [0.1, 0.15) is 5.75 Å². The van der Waals surface area contributed by atoms with Crippen LogP contribution in [0.15, 0.2) is 53.4 Å². The van der Waals surface area contributed by atoms with Crippen molar-refractivity contribution < 1.29 is 17.9 Å². The molecule has 0 saturated heterocycles. The second kappa shape index (κ2) is 8.10. The summed E-state index contributed by atoms with van der Waals surface area (Å²) in [5.74, 6) is 0.362. The summed E-state index contributed by atoms with van der Waals surface area (Å²) in [6.45, 7) is 8.10. The Hall–Kier alpha value is -2.38. The molecule has 0 aliphatic heterocycles. The molecule has 146 valence electrons. The van der Waals surface area contributed by atoms with Crippen molar-refractivity contribution in [3.05, 3.63) is 59.7 Å². The van der Waals surface area contributed by atoms with Gasteiger partial charge in [-0.1, -0.05) is 45.0 Å². The normalized spacial score (nSPS) is 13.1. The van der Waals surface area contributed by atoms with Crippen LogP contribution in [0.4, 0.5) is 0 Å². The number of rotatable bonds is 6. The number of primary sulfonamides is 1. The van der Waals surface area contributed by atoms with Crippen molar-refractivity contribution in [2.45, 2.75) is 44.0 Å². The predicted molar refractivity (Wildman–Crippen MR) is 105 cm³/mol. The Morgan fingerprint density at radius 3 is 2.11 bits per heavy atom. The third-order valence-electron chi connectivity index (χ3n) is 4.18. The van der Waals surface area contributed by atoms with Gasteiger partial charge in [0.25, 0.3) is 5.91 Å². The molecule has 6 nitrogen and oxygen atoms in total. The smallest absolute Gasteiger partial charge is 0.258 e. The second-order valence-corrected chi connectivity index (χ2v) is 9.03. The van der Waals surface area contributed by atoms with Crippen LogP contribution < -0.4 is 15.2 Å². The fourth-order valence-corrected chi connectivity index (χ4v) is 3.03. The van der Waals surface area contributed by atoms with Gasteiger partial charge in [-0.3, -0.25) is 4.79 Å². The number of nitrogens with one attached hydrogen (secondary N) is 1. The highest BCUT2D eigenvalue weighted by molar-refractivity contribution is 7.89. The number of benzene rings is 2. The Morgan fingerprint density at radius 1 is 1.07 bits per heavy atom. The van der Waals surface area contributed by atoms with Gasteiger partial charge in [0, 0.05) is 0 Å². The molecule has 0 spiro atoms. The van der Waals surface area contributed by atoms with Gasteiger partial charge in [0.15, 0.2) is 6.61 Å². The van der Waals surface area contributed by atoms with E-state index in [4.69, 9.17) is 9.88 Å². The first kappa shape index (κ1) is 20.9. The lowest BCUT2D eigenvalue weighted by Gasteiger charge is -2.19. The van der Waals surface area contributed by atoms with E-state index >= 15 is 0 Å². The zero-order valence-electron chi connectivity index (χ0n) is 16.0. The molecule has 0 saturated carbocycles. The topological polar surface area (TPSA) is 98.5 Å². The monoisotopic (exact) mass is 390 g/mol. The molecule has 0 fully saturated rings. The molecule has 0 aliphatic rings. The van der Waals surface area contributed by atoms with Gasteiger partial charge in [-0.2, -0.15) is 0 Å². The summed E-state index contributed by atoms with van der Waals surface area (Å²) >= 11 is 0. The van der Waals surface area contributed by atoms with Gasteiger partial charge in [0.2, 0.25) is 10.0 Å². The largest absolute Gasteiger partial charge is 0.484 e. The summed E-state index contributed by atoms with van der Waals surface area (Å²) in [5, 5.41) is 7.89. The number of hydrogen-bond acceptors (Lipinski definition) is 4. The molecule has 0 aliphatic carbocycles. The number of nitrogens with two attached hydrogens (primary N) is 1. The van der Waals surface area contributed by atoms with E-state index in [1.54, 1.807) is 12.1 Å². The van der Waals surface area contributed by atoms with Crippen molar-refractivity contribution in [3.8, 4) is 5.75 Å². The van der Waals surface area contributed by atoms with Crippen LogP contribution in [-0.4, -0.2) is 20.9 Å². The van der Waals surface area contributed by atoms with Gasteiger partial charge >= 0.3 is 0 Å². The third-order valence-corrected chi connectivity index (χ3v) is 5.11. The number of carbonyl (C=O) groups excluding carboxylic acids is 1. The summed E-state index contributed by atoms with van der Waals surface area (Å²) in [5.41, 5.74) is 2.02. The number of carbonyl (C=O) groups is 1. The minimum absolute atomic E-state index is 0.0341. The fraction of sp³-hybridized carbons (Fsp3) is 0.350. The van der Waals surface area contributed by atoms with Gasteiger partial charge in [-0.25, -0.2) is 13.6 Å². The Bertz CT molecular complexity index is 883. The lowest BCUT2D eigenvalue weighted by molar-refractivity contribution is -0.123. The molecule has 0 heterocycles. The van der Waals surface area contributed by atoms with Crippen LogP contribution in [0.5, 0.6) is 5.75 Å². The molecule has 2 aromatic rings. The molecule has 1 amide bonds. The van der Waals surface area contributed by atoms with Crippen molar-refractivity contribution in [2.24, 2.45) is 5.14 Å². The number of sulfonamides is 1. The highest BCUT2D eigenvalue weighted by Gasteiger charge is 2.14. The summed E-state index contributed by atoms with van der Waals surface area (Å²) in [6, 6.07) is 13.5. The molecule has 1 atom stereocenters. The van der Waals surface area contributed by atoms with E-state index in [0.717, 1.165) is 5.56 Å². The Morgan fingerprint density at radius 2 is 1.63 bits per heavy atom. The first-order chi connectivity index (χ1) is 12.5. The summed E-state index contributed by atoms with van der Waals surface area (Å²) in [4.78, 5) is 12.1. The molecule has 2 aromatic carbocycles. The van der Waals surface area contributed by atoms with Crippen LogP contribution in [0.1, 0.15) is 44.9 Å². The Labute approximate surface area is 160 Å². The van der Waals surface area contributed by atoms with E-state index in [-0.39, 0.29) is 28.9 Å². The van der Waals surface area contributed by atoms with Crippen LogP contribution in [0.3, 0.4) is 0 Å². The van der Waals surface area contributed by atoms with Crippen LogP contribution in [0, 0.1) is 0 Å². The van der Waals surface area contributed by atoms with Gasteiger partial charge in [-0.15, -0.1) is 0 Å². The molecule has 7 heteroatoms. The molecule has 0 aromatic heterocycles. The van der Waals surface area contributed by atoms with E-state index in [0.29, 0.717) is 5.75 Å². The van der Waals surface area contributed by atoms with Gasteiger partial charge in [0.05, 0.1) is 10.9 Å². The number of ether oxygens (including phenoxy) is 1. The van der Waals surface area contributed by atoms with E-state index < -0.39 is 10.0 Å². The quantitative estimate of drug-likeness (QED) is 0.792. The number of hydrogen-bond donors (Lipinski definition) is 2. The summed E-state index contributed by atoms with van der Waals surface area (Å²) < 4.78 is 28.1. The zero-order chi connectivity index (χ0) is 20.2. The van der Waals surface area contributed by atoms with Crippen molar-refractivity contribution in [1.29, 1.82) is 0 Å². The molecule has 0 bridgehead atoms. The minimum atomic E-state index is -3.73.